The normalized spacial score (nSPS) is 12.9. The summed E-state index contributed by atoms with van der Waals surface area (Å²) in [5.41, 5.74) is 1.18. The van der Waals surface area contributed by atoms with E-state index in [0.29, 0.717) is 49.8 Å². The van der Waals surface area contributed by atoms with E-state index in [1.54, 1.807) is 34.4 Å². The first kappa shape index (κ1) is 23.8. The molecular weight excluding hydrogens is 452 g/mol. The lowest BCUT2D eigenvalue weighted by Gasteiger charge is -2.31. The highest BCUT2D eigenvalue weighted by atomic mass is 32.1. The van der Waals surface area contributed by atoms with E-state index in [1.807, 2.05) is 54.8 Å². The molecule has 0 saturated carbocycles. The van der Waals surface area contributed by atoms with Gasteiger partial charge in [0.05, 0.1) is 6.54 Å². The van der Waals surface area contributed by atoms with E-state index in [4.69, 9.17) is 14.2 Å². The fourth-order valence-corrected chi connectivity index (χ4v) is 4.48. The van der Waals surface area contributed by atoms with Gasteiger partial charge in [-0.2, -0.15) is 0 Å². The zero-order valence-electron chi connectivity index (χ0n) is 19.1. The zero-order chi connectivity index (χ0) is 23.8. The Labute approximate surface area is 203 Å². The fraction of sp³-hybridized carbons (Fsp3) is 0.308. The highest BCUT2D eigenvalue weighted by molar-refractivity contribution is 7.09. The quantitative estimate of drug-likeness (QED) is 0.412. The second-order valence-corrected chi connectivity index (χ2v) is 8.77. The van der Waals surface area contributed by atoms with Crippen LogP contribution in [0.1, 0.15) is 40.2 Å². The lowest BCUT2D eigenvalue weighted by molar-refractivity contribution is -0.126. The van der Waals surface area contributed by atoms with Crippen molar-refractivity contribution in [3.63, 3.8) is 0 Å². The lowest BCUT2D eigenvalue weighted by Crippen LogP contribution is -2.43. The number of benzene rings is 2. The van der Waals surface area contributed by atoms with Crippen LogP contribution in [-0.4, -0.2) is 43.3 Å². The third-order valence-corrected chi connectivity index (χ3v) is 6.29. The van der Waals surface area contributed by atoms with E-state index in [0.717, 1.165) is 10.4 Å². The first-order valence-electron chi connectivity index (χ1n) is 11.3. The van der Waals surface area contributed by atoms with E-state index in [2.05, 4.69) is 5.32 Å². The van der Waals surface area contributed by atoms with E-state index < -0.39 is 6.04 Å². The van der Waals surface area contributed by atoms with Gasteiger partial charge < -0.3 is 24.4 Å². The Morgan fingerprint density at radius 1 is 1.09 bits per heavy atom. The number of rotatable bonds is 11. The van der Waals surface area contributed by atoms with E-state index in [9.17, 15) is 9.59 Å². The topological polar surface area (TPSA) is 77.1 Å². The van der Waals surface area contributed by atoms with Gasteiger partial charge in [0.1, 0.15) is 6.04 Å². The summed E-state index contributed by atoms with van der Waals surface area (Å²) in [4.78, 5) is 29.9. The van der Waals surface area contributed by atoms with Crippen LogP contribution in [0, 0.1) is 0 Å². The second kappa shape index (κ2) is 11.7. The number of nitrogens with one attached hydrogen (secondary N) is 1. The number of nitrogens with zero attached hydrogens (tertiary/aromatic N) is 1. The molecule has 0 bridgehead atoms. The molecule has 2 heterocycles. The van der Waals surface area contributed by atoms with Crippen molar-refractivity contribution >= 4 is 23.2 Å². The molecule has 1 N–H and O–H groups in total. The average Bonchev–Trinajstić information content (AvgIpc) is 3.55. The van der Waals surface area contributed by atoms with Gasteiger partial charge in [-0.3, -0.25) is 9.59 Å². The molecule has 0 spiro atoms. The number of thiophene rings is 1. The monoisotopic (exact) mass is 480 g/mol. The third-order valence-electron chi connectivity index (χ3n) is 5.43. The second-order valence-electron chi connectivity index (χ2n) is 7.74. The molecule has 1 aliphatic rings. The van der Waals surface area contributed by atoms with Crippen molar-refractivity contribution in [2.24, 2.45) is 0 Å². The predicted molar refractivity (Wildman–Crippen MR) is 130 cm³/mol. The molecule has 7 nitrogen and oxygen atoms in total. The smallest absolute Gasteiger partial charge is 0.255 e. The van der Waals surface area contributed by atoms with Crippen LogP contribution in [-0.2, 0) is 16.1 Å². The summed E-state index contributed by atoms with van der Waals surface area (Å²) >= 11 is 1.55. The minimum Gasteiger partial charge on any atom is -0.454 e. The Kier molecular flexibility index (Phi) is 8.17. The molecule has 4 rings (SSSR count). The van der Waals surface area contributed by atoms with Crippen LogP contribution >= 0.6 is 11.3 Å². The fourth-order valence-electron chi connectivity index (χ4n) is 3.78. The van der Waals surface area contributed by atoms with Gasteiger partial charge in [0.15, 0.2) is 11.5 Å². The van der Waals surface area contributed by atoms with Gasteiger partial charge in [-0.15, -0.1) is 11.3 Å². The molecule has 2 aromatic carbocycles. The molecule has 0 fully saturated rings. The molecule has 1 aromatic heterocycles. The Morgan fingerprint density at radius 2 is 1.91 bits per heavy atom. The van der Waals surface area contributed by atoms with Gasteiger partial charge >= 0.3 is 0 Å². The number of amides is 2. The molecule has 3 aromatic rings. The highest BCUT2D eigenvalue weighted by Gasteiger charge is 2.33. The SMILES string of the molecule is CCOCCCNC(=O)[C@H](c1ccccc1)N(Cc1cccs1)C(=O)c1ccc2c(c1)OCO2. The summed E-state index contributed by atoms with van der Waals surface area (Å²) in [6.07, 6.45) is 0.697. The molecule has 1 atom stereocenters. The summed E-state index contributed by atoms with van der Waals surface area (Å²) in [7, 11) is 0. The maximum absolute atomic E-state index is 13.8. The number of ether oxygens (including phenoxy) is 3. The van der Waals surface area contributed by atoms with Crippen LogP contribution < -0.4 is 14.8 Å². The van der Waals surface area contributed by atoms with Crippen LogP contribution in [0.2, 0.25) is 0 Å². The van der Waals surface area contributed by atoms with Gasteiger partial charge in [-0.05, 0) is 48.6 Å². The maximum Gasteiger partial charge on any atom is 0.255 e. The number of hydrogen-bond donors (Lipinski definition) is 1. The lowest BCUT2D eigenvalue weighted by atomic mass is 10.0. The van der Waals surface area contributed by atoms with Crippen LogP contribution in [0.3, 0.4) is 0 Å². The van der Waals surface area contributed by atoms with Gasteiger partial charge in [-0.1, -0.05) is 36.4 Å². The molecule has 0 radical (unpaired) electrons. The Hall–Kier alpha value is -3.36. The molecule has 0 saturated heterocycles. The first-order valence-corrected chi connectivity index (χ1v) is 12.2. The van der Waals surface area contributed by atoms with Crippen molar-refractivity contribution in [2.75, 3.05) is 26.6 Å². The summed E-state index contributed by atoms with van der Waals surface area (Å²) in [6.45, 7) is 4.04. The number of fused-ring (bicyclic) bond motifs is 1. The Morgan fingerprint density at radius 3 is 2.68 bits per heavy atom. The van der Waals surface area contributed by atoms with Crippen LogP contribution in [0.4, 0.5) is 0 Å². The summed E-state index contributed by atoms with van der Waals surface area (Å²) in [5.74, 6) is 0.643. The molecule has 0 aliphatic carbocycles. The molecule has 178 valence electrons. The summed E-state index contributed by atoms with van der Waals surface area (Å²) in [6, 6.07) is 17.6. The highest BCUT2D eigenvalue weighted by Crippen LogP contribution is 2.34. The van der Waals surface area contributed by atoms with Crippen molar-refractivity contribution in [2.45, 2.75) is 25.9 Å². The summed E-state index contributed by atoms with van der Waals surface area (Å²) < 4.78 is 16.2. The standard InChI is InChI=1S/C26H28N2O5S/c1-2-31-14-7-13-27-25(29)24(19-8-4-3-5-9-19)28(17-21-10-6-15-34-21)26(30)20-11-12-22-23(16-20)33-18-32-22/h3-6,8-12,15-16,24H,2,7,13-14,17-18H2,1H3,(H,27,29)/t24-/m0/s1. The van der Waals surface area contributed by atoms with Crippen molar-refractivity contribution in [1.82, 2.24) is 10.2 Å². The minimum atomic E-state index is -0.798. The number of hydrogen-bond acceptors (Lipinski definition) is 6. The van der Waals surface area contributed by atoms with Crippen molar-refractivity contribution in [3.05, 3.63) is 82.0 Å². The molecule has 8 heteroatoms. The molecule has 0 unspecified atom stereocenters. The van der Waals surface area contributed by atoms with E-state index in [1.165, 1.54) is 0 Å². The third kappa shape index (κ3) is 5.76. The van der Waals surface area contributed by atoms with Gasteiger partial charge in [0.25, 0.3) is 5.91 Å². The van der Waals surface area contributed by atoms with E-state index in [-0.39, 0.29) is 18.6 Å². The summed E-state index contributed by atoms with van der Waals surface area (Å²) in [5, 5.41) is 4.96. The molecule has 2 amide bonds. The van der Waals surface area contributed by atoms with E-state index >= 15 is 0 Å². The number of carbonyl (C=O) groups is 2. The Balaban J connectivity index is 1.65. The zero-order valence-corrected chi connectivity index (χ0v) is 19.9. The average molecular weight is 481 g/mol. The van der Waals surface area contributed by atoms with Gasteiger partial charge in [0.2, 0.25) is 12.7 Å². The van der Waals surface area contributed by atoms with Crippen LogP contribution in [0.15, 0.2) is 66.0 Å². The van der Waals surface area contributed by atoms with Crippen molar-refractivity contribution in [3.8, 4) is 11.5 Å². The minimum absolute atomic E-state index is 0.128. The van der Waals surface area contributed by atoms with Crippen LogP contribution in [0.5, 0.6) is 11.5 Å². The predicted octanol–water partition coefficient (Wildman–Crippen LogP) is 4.40. The number of carbonyl (C=O) groups excluding carboxylic acids is 2. The van der Waals surface area contributed by atoms with Crippen molar-refractivity contribution in [1.29, 1.82) is 0 Å². The maximum atomic E-state index is 13.8. The van der Waals surface area contributed by atoms with Crippen molar-refractivity contribution < 1.29 is 23.8 Å². The Bertz CT molecular complexity index is 1090. The largest absolute Gasteiger partial charge is 0.454 e. The molecular formula is C26H28N2O5S. The molecule has 34 heavy (non-hydrogen) atoms. The van der Waals surface area contributed by atoms with Gasteiger partial charge in [-0.25, -0.2) is 0 Å². The van der Waals surface area contributed by atoms with Gasteiger partial charge in [0, 0.05) is 30.2 Å². The molecule has 1 aliphatic heterocycles. The first-order chi connectivity index (χ1) is 16.7. The van der Waals surface area contributed by atoms with Crippen LogP contribution in [0.25, 0.3) is 0 Å².